The van der Waals surface area contributed by atoms with Crippen LogP contribution >= 0.6 is 0 Å². The minimum atomic E-state index is -4.33. The zero-order valence-electron chi connectivity index (χ0n) is 32.2. The Kier molecular flexibility index (Phi) is 12.6. The summed E-state index contributed by atoms with van der Waals surface area (Å²) in [5.74, 6) is -5.02. The molecule has 0 spiro atoms. The van der Waals surface area contributed by atoms with Crippen molar-refractivity contribution in [1.82, 2.24) is 9.13 Å². The number of oxime groups is 2. The number of pyridine rings is 2. The lowest BCUT2D eigenvalue weighted by atomic mass is 10.0. The maximum absolute atomic E-state index is 15.2. The Morgan fingerprint density at radius 2 is 1.24 bits per heavy atom. The van der Waals surface area contributed by atoms with Gasteiger partial charge in [0.2, 0.25) is 11.8 Å². The Morgan fingerprint density at radius 3 is 1.64 bits per heavy atom. The van der Waals surface area contributed by atoms with Gasteiger partial charge in [0.15, 0.2) is 19.7 Å². The first-order chi connectivity index (χ1) is 27.6. The van der Waals surface area contributed by atoms with E-state index in [1.165, 1.54) is 38.5 Å². The number of rotatable bonds is 15. The summed E-state index contributed by atoms with van der Waals surface area (Å²) in [5.41, 5.74) is -2.83. The Morgan fingerprint density at radius 1 is 0.763 bits per heavy atom. The molecule has 23 heteroatoms. The van der Waals surface area contributed by atoms with Crippen molar-refractivity contribution in [3.63, 3.8) is 0 Å². The molecule has 2 aromatic heterocycles. The Hall–Kier alpha value is -5.84. The molecule has 5 rings (SSSR count). The van der Waals surface area contributed by atoms with Gasteiger partial charge in [-0.2, -0.15) is 0 Å². The van der Waals surface area contributed by atoms with Gasteiger partial charge >= 0.3 is 7.32 Å². The van der Waals surface area contributed by atoms with Gasteiger partial charge in [-0.05, 0) is 51.0 Å². The quantitative estimate of drug-likeness (QED) is 0.0447. The SMILES string of the molecule is COc1ccc(-c2cc(=O)n(CC[C@](C)(C3=NOB(O/C(=N\O)[C@@](C)(CCn4cc(F)c(-c5ccc(OC)cc5F)cc4=O)S(C)(=O)=O)O3)S(C)(=O)=O)cc2F)c(F)c1. The van der Waals surface area contributed by atoms with Gasteiger partial charge in [0, 0.05) is 84.5 Å². The second-order valence-electron chi connectivity index (χ2n) is 13.8. The molecule has 0 aliphatic carbocycles. The molecule has 2 atom stereocenters. The Bertz CT molecular complexity index is 2700. The number of benzene rings is 2. The summed E-state index contributed by atoms with van der Waals surface area (Å²) in [7, 11) is -7.97. The summed E-state index contributed by atoms with van der Waals surface area (Å²) in [6.07, 6.45) is 2.03. The van der Waals surface area contributed by atoms with E-state index in [1.807, 2.05) is 0 Å². The lowest BCUT2D eigenvalue weighted by Gasteiger charge is -2.29. The van der Waals surface area contributed by atoms with Crippen LogP contribution in [0.3, 0.4) is 0 Å². The van der Waals surface area contributed by atoms with Crippen LogP contribution in [0.4, 0.5) is 17.6 Å². The van der Waals surface area contributed by atoms with Crippen molar-refractivity contribution in [3.8, 4) is 33.8 Å². The third-order valence-corrected chi connectivity index (χ3v) is 14.0. The van der Waals surface area contributed by atoms with Crippen molar-refractivity contribution in [2.75, 3.05) is 26.7 Å². The van der Waals surface area contributed by atoms with Crippen molar-refractivity contribution in [2.45, 2.75) is 49.3 Å². The third kappa shape index (κ3) is 8.94. The fraction of sp³-hybridized carbons (Fsp3) is 0.333. The van der Waals surface area contributed by atoms with Crippen LogP contribution in [0.2, 0.25) is 0 Å². The molecular formula is C36H37BF4N4O12S2. The van der Waals surface area contributed by atoms with E-state index in [-0.39, 0.29) is 33.8 Å². The highest BCUT2D eigenvalue weighted by molar-refractivity contribution is 7.93. The van der Waals surface area contributed by atoms with Crippen molar-refractivity contribution < 1.29 is 63.1 Å². The fourth-order valence-corrected chi connectivity index (χ4v) is 7.67. The number of halogens is 4. The number of methoxy groups -OCH3 is 2. The molecule has 3 heterocycles. The predicted octanol–water partition coefficient (Wildman–Crippen LogP) is 4.15. The van der Waals surface area contributed by atoms with Gasteiger partial charge in [-0.1, -0.05) is 10.3 Å². The van der Waals surface area contributed by atoms with Gasteiger partial charge in [0.1, 0.15) is 44.3 Å². The topological polar surface area (TPSA) is 203 Å². The molecule has 4 aromatic rings. The maximum atomic E-state index is 15.2. The number of aromatic nitrogens is 2. The molecule has 59 heavy (non-hydrogen) atoms. The molecule has 0 fully saturated rings. The number of hydrogen-bond acceptors (Lipinski definition) is 14. The zero-order chi connectivity index (χ0) is 43.7. The van der Waals surface area contributed by atoms with E-state index in [0.717, 1.165) is 72.2 Å². The molecule has 1 aliphatic heterocycles. The summed E-state index contributed by atoms with van der Waals surface area (Å²) < 4.78 is 136. The normalized spacial score (nSPS) is 15.4. The fourth-order valence-electron chi connectivity index (χ4n) is 5.94. The maximum Gasteiger partial charge on any atom is 0.888 e. The first kappa shape index (κ1) is 44.3. The van der Waals surface area contributed by atoms with Crippen LogP contribution in [0.5, 0.6) is 11.5 Å². The molecule has 0 saturated heterocycles. The van der Waals surface area contributed by atoms with E-state index >= 15 is 8.78 Å². The highest BCUT2D eigenvalue weighted by Gasteiger charge is 2.53. The van der Waals surface area contributed by atoms with Crippen molar-refractivity contribution in [3.05, 3.63) is 105 Å². The van der Waals surface area contributed by atoms with Crippen molar-refractivity contribution in [2.24, 2.45) is 10.3 Å². The smallest absolute Gasteiger partial charge is 0.497 e. The van der Waals surface area contributed by atoms with Gasteiger partial charge in [-0.15, -0.1) is 0 Å². The van der Waals surface area contributed by atoms with Gasteiger partial charge in [-0.25, -0.2) is 34.4 Å². The molecule has 0 amide bonds. The molecule has 16 nitrogen and oxygen atoms in total. The summed E-state index contributed by atoms with van der Waals surface area (Å²) in [4.78, 5) is 26.0. The molecule has 0 unspecified atom stereocenters. The molecule has 316 valence electrons. The average molecular weight is 869 g/mol. The monoisotopic (exact) mass is 868 g/mol. The van der Waals surface area contributed by atoms with Gasteiger partial charge in [0.05, 0.1) is 14.2 Å². The van der Waals surface area contributed by atoms with Crippen LogP contribution in [0.1, 0.15) is 26.7 Å². The van der Waals surface area contributed by atoms with E-state index in [9.17, 15) is 40.4 Å². The molecule has 1 N–H and O–H groups in total. The highest BCUT2D eigenvalue weighted by Crippen LogP contribution is 2.32. The molecule has 0 saturated carbocycles. The van der Waals surface area contributed by atoms with E-state index < -0.39 is 109 Å². The molecule has 0 bridgehead atoms. The first-order valence-electron chi connectivity index (χ1n) is 17.2. The third-order valence-electron chi connectivity index (χ3n) is 10.0. The van der Waals surface area contributed by atoms with E-state index in [2.05, 4.69) is 10.3 Å². The Labute approximate surface area is 335 Å². The van der Waals surface area contributed by atoms with Gasteiger partial charge in [0.25, 0.3) is 11.1 Å². The van der Waals surface area contributed by atoms with Crippen LogP contribution in [0, 0.1) is 23.3 Å². The van der Waals surface area contributed by atoms with E-state index in [1.54, 1.807) is 0 Å². The van der Waals surface area contributed by atoms with Crippen molar-refractivity contribution in [1.29, 1.82) is 0 Å². The molecule has 2 aromatic carbocycles. The summed E-state index contributed by atoms with van der Waals surface area (Å²) >= 11 is 0. The van der Waals surface area contributed by atoms with Crippen LogP contribution < -0.4 is 20.6 Å². The van der Waals surface area contributed by atoms with Crippen LogP contribution in [0.15, 0.2) is 80.8 Å². The number of nitrogens with zero attached hydrogens (tertiary/aromatic N) is 4. The van der Waals surface area contributed by atoms with E-state index in [0.29, 0.717) is 0 Å². The lowest BCUT2D eigenvalue weighted by molar-refractivity contribution is 0.224. The van der Waals surface area contributed by atoms with Crippen molar-refractivity contribution >= 4 is 38.8 Å². The molecular weight excluding hydrogens is 831 g/mol. The van der Waals surface area contributed by atoms with Crippen LogP contribution in [0.25, 0.3) is 22.3 Å². The minimum absolute atomic E-state index is 0.157. The number of ether oxygens (including phenoxy) is 2. The first-order valence-corrected chi connectivity index (χ1v) is 21.0. The van der Waals surface area contributed by atoms with Crippen LogP contribution in [-0.2, 0) is 46.8 Å². The summed E-state index contributed by atoms with van der Waals surface area (Å²) in [6.45, 7) is 1.26. The largest absolute Gasteiger partial charge is 0.888 e. The minimum Gasteiger partial charge on any atom is -0.497 e. The van der Waals surface area contributed by atoms with Gasteiger partial charge in [-0.3, -0.25) is 9.59 Å². The number of aryl methyl sites for hydroxylation is 2. The van der Waals surface area contributed by atoms with Crippen LogP contribution in [-0.4, -0.2) is 86.5 Å². The average Bonchev–Trinajstić information content (AvgIpc) is 3.65. The second kappa shape index (κ2) is 16.8. The predicted molar refractivity (Wildman–Crippen MR) is 207 cm³/mol. The number of hydrogen-bond donors (Lipinski definition) is 1. The molecule has 1 aliphatic rings. The Balaban J connectivity index is 1.32. The summed E-state index contributed by atoms with van der Waals surface area (Å²) in [5, 5.41) is 16.6. The van der Waals surface area contributed by atoms with Gasteiger partial charge < -0.3 is 37.9 Å². The highest BCUT2D eigenvalue weighted by atomic mass is 32.2. The standard InChI is InChI=1S/C36H37BF4N4O12S2/c1-35(58(5,49)50,11-13-44-19-29(40)25(17-31(44)46)23-9-7-21(53-3)15-27(23)38)33(42-48)55-37-56-34(43-57-37)36(2,59(6,51)52)12-14-45-20-30(41)26(18-32(45)47)24-10-8-22(54-4)16-28(24)39/h7-10,15-20,48H,11-14H2,1-6H3/b42-33-/t35-,36-/m1/s1. The number of sulfone groups is 2. The summed E-state index contributed by atoms with van der Waals surface area (Å²) in [6, 6.07) is 8.86. The zero-order valence-corrected chi connectivity index (χ0v) is 33.9. The molecule has 0 radical (unpaired) electrons. The van der Waals surface area contributed by atoms with E-state index in [4.69, 9.17) is 23.5 Å². The lowest BCUT2D eigenvalue weighted by Crippen LogP contribution is -2.49. The second-order valence-corrected chi connectivity index (χ2v) is 18.7.